The van der Waals surface area contributed by atoms with Gasteiger partial charge in [-0.05, 0) is 26.2 Å². The number of piperazine rings is 1. The molecule has 136 valence electrons. The summed E-state index contributed by atoms with van der Waals surface area (Å²) in [6, 6.07) is -0.453. The van der Waals surface area contributed by atoms with Gasteiger partial charge in [-0.15, -0.1) is 0 Å². The maximum atomic E-state index is 12.4. The van der Waals surface area contributed by atoms with Gasteiger partial charge < -0.3 is 14.5 Å². The van der Waals surface area contributed by atoms with Crippen LogP contribution in [0.5, 0.6) is 0 Å². The second kappa shape index (κ2) is 7.99. The fourth-order valence-corrected chi connectivity index (χ4v) is 4.31. The van der Waals surface area contributed by atoms with Gasteiger partial charge in [-0.2, -0.15) is 4.99 Å². The molecule has 3 rings (SSSR count). The zero-order valence-corrected chi connectivity index (χ0v) is 15.1. The quantitative estimate of drug-likeness (QED) is 0.759. The second-order valence-electron chi connectivity index (χ2n) is 6.14. The van der Waals surface area contributed by atoms with E-state index in [-0.39, 0.29) is 23.7 Å². The van der Waals surface area contributed by atoms with Crippen molar-refractivity contribution in [3.8, 4) is 0 Å². The van der Waals surface area contributed by atoms with Crippen LogP contribution in [0.2, 0.25) is 0 Å². The van der Waals surface area contributed by atoms with E-state index >= 15 is 0 Å². The SMILES string of the molecule is CCOC(=O)N1CCN(C(=O)CSC2=NC(=O)N=C3CCCC32)CC1. The van der Waals surface area contributed by atoms with Crippen molar-refractivity contribution in [1.82, 2.24) is 9.80 Å². The molecule has 0 spiro atoms. The first-order valence-corrected chi connectivity index (χ1v) is 9.59. The van der Waals surface area contributed by atoms with Gasteiger partial charge in [0.2, 0.25) is 5.91 Å². The summed E-state index contributed by atoms with van der Waals surface area (Å²) in [6.45, 7) is 4.08. The second-order valence-corrected chi connectivity index (χ2v) is 7.13. The van der Waals surface area contributed by atoms with Crippen LogP contribution in [0.3, 0.4) is 0 Å². The lowest BCUT2D eigenvalue weighted by molar-refractivity contribution is -0.129. The first kappa shape index (κ1) is 17.9. The van der Waals surface area contributed by atoms with Crippen LogP contribution in [-0.4, -0.2) is 77.1 Å². The number of thioether (sulfide) groups is 1. The highest BCUT2D eigenvalue weighted by Crippen LogP contribution is 2.31. The van der Waals surface area contributed by atoms with Crippen LogP contribution in [0.15, 0.2) is 9.98 Å². The number of carbonyl (C=O) groups excluding carboxylic acids is 3. The molecular weight excluding hydrogens is 344 g/mol. The Morgan fingerprint density at radius 1 is 1.20 bits per heavy atom. The lowest BCUT2D eigenvalue weighted by Crippen LogP contribution is -2.51. The molecule has 0 bridgehead atoms. The van der Waals surface area contributed by atoms with Gasteiger partial charge in [-0.25, -0.2) is 14.6 Å². The highest BCUT2D eigenvalue weighted by atomic mass is 32.2. The maximum Gasteiger partial charge on any atom is 0.409 e. The Kier molecular flexibility index (Phi) is 5.72. The van der Waals surface area contributed by atoms with Crippen molar-refractivity contribution in [2.75, 3.05) is 38.5 Å². The number of carbonyl (C=O) groups is 3. The number of nitrogens with zero attached hydrogens (tertiary/aromatic N) is 4. The van der Waals surface area contributed by atoms with Crippen LogP contribution in [0.4, 0.5) is 9.59 Å². The standard InChI is InChI=1S/C16H22N4O4S/c1-2-24-16(23)20-8-6-19(7-9-20)13(21)10-25-14-11-4-3-5-12(11)17-15(22)18-14/h11H,2-10H2,1H3. The van der Waals surface area contributed by atoms with Crippen LogP contribution in [0.1, 0.15) is 26.2 Å². The van der Waals surface area contributed by atoms with Gasteiger partial charge in [0.15, 0.2) is 0 Å². The Bertz CT molecular complexity index is 626. The van der Waals surface area contributed by atoms with Crippen LogP contribution >= 0.6 is 11.8 Å². The van der Waals surface area contributed by atoms with Crippen LogP contribution in [-0.2, 0) is 9.53 Å². The van der Waals surface area contributed by atoms with E-state index in [1.54, 1.807) is 16.7 Å². The fraction of sp³-hybridized carbons (Fsp3) is 0.688. The summed E-state index contributed by atoms with van der Waals surface area (Å²) in [4.78, 5) is 47.0. The minimum atomic E-state index is -0.453. The average molecular weight is 366 g/mol. The summed E-state index contributed by atoms with van der Waals surface area (Å²) in [5, 5.41) is 0.728. The van der Waals surface area contributed by atoms with E-state index < -0.39 is 6.03 Å². The number of aliphatic imine (C=N–C) groups is 2. The van der Waals surface area contributed by atoms with E-state index in [9.17, 15) is 14.4 Å². The molecule has 25 heavy (non-hydrogen) atoms. The molecule has 1 saturated heterocycles. The molecule has 1 unspecified atom stereocenters. The van der Waals surface area contributed by atoms with Crippen LogP contribution < -0.4 is 0 Å². The molecule has 0 aromatic carbocycles. The minimum absolute atomic E-state index is 0.00529. The highest BCUT2D eigenvalue weighted by molar-refractivity contribution is 8.14. The Hall–Kier alpha value is -1.90. The van der Waals surface area contributed by atoms with Crippen molar-refractivity contribution >= 4 is 40.5 Å². The van der Waals surface area contributed by atoms with Gasteiger partial charge in [0.1, 0.15) is 0 Å². The van der Waals surface area contributed by atoms with Gasteiger partial charge in [0.25, 0.3) is 0 Å². The first-order chi connectivity index (χ1) is 12.1. The molecule has 8 nitrogen and oxygen atoms in total. The maximum absolute atomic E-state index is 12.4. The van der Waals surface area contributed by atoms with E-state index in [2.05, 4.69) is 9.98 Å². The molecule has 0 aromatic heterocycles. The number of rotatable bonds is 3. The van der Waals surface area contributed by atoms with Crippen molar-refractivity contribution in [2.45, 2.75) is 26.2 Å². The minimum Gasteiger partial charge on any atom is -0.450 e. The van der Waals surface area contributed by atoms with Gasteiger partial charge in [-0.3, -0.25) is 4.79 Å². The monoisotopic (exact) mass is 366 g/mol. The molecule has 2 aliphatic heterocycles. The molecule has 2 fully saturated rings. The third-order valence-corrected chi connectivity index (χ3v) is 5.64. The Morgan fingerprint density at radius 2 is 1.92 bits per heavy atom. The summed E-state index contributed by atoms with van der Waals surface area (Å²) in [6.07, 6.45) is 2.48. The topological polar surface area (TPSA) is 91.6 Å². The molecule has 0 aromatic rings. The molecule has 4 amide bonds. The number of amides is 4. The van der Waals surface area contributed by atoms with E-state index in [4.69, 9.17) is 4.74 Å². The summed E-state index contributed by atoms with van der Waals surface area (Å²) >= 11 is 1.35. The van der Waals surface area contributed by atoms with Gasteiger partial charge in [0, 0.05) is 37.8 Å². The Balaban J connectivity index is 1.47. The predicted molar refractivity (Wildman–Crippen MR) is 95.2 cm³/mol. The molecule has 1 atom stereocenters. The molecule has 0 radical (unpaired) electrons. The Morgan fingerprint density at radius 3 is 2.64 bits per heavy atom. The van der Waals surface area contributed by atoms with Crippen molar-refractivity contribution in [2.24, 2.45) is 15.9 Å². The number of urea groups is 1. The van der Waals surface area contributed by atoms with Crippen LogP contribution in [0.25, 0.3) is 0 Å². The fourth-order valence-electron chi connectivity index (χ4n) is 3.26. The molecule has 2 heterocycles. The number of fused-ring (bicyclic) bond motifs is 1. The Labute approximate surface area is 150 Å². The summed E-state index contributed by atoms with van der Waals surface area (Å²) in [5.41, 5.74) is 0.915. The predicted octanol–water partition coefficient (Wildman–Crippen LogP) is 1.79. The lowest BCUT2D eigenvalue weighted by atomic mass is 10.1. The molecule has 3 aliphatic rings. The normalized spacial score (nSPS) is 23.1. The molecular formula is C16H22N4O4S. The average Bonchev–Trinajstić information content (AvgIpc) is 3.08. The molecule has 0 N–H and O–H groups in total. The zero-order chi connectivity index (χ0) is 17.8. The zero-order valence-electron chi connectivity index (χ0n) is 14.3. The third kappa shape index (κ3) is 4.20. The highest BCUT2D eigenvalue weighted by Gasteiger charge is 2.33. The van der Waals surface area contributed by atoms with Crippen molar-refractivity contribution in [3.63, 3.8) is 0 Å². The number of ether oxygens (including phenoxy) is 1. The summed E-state index contributed by atoms with van der Waals surface area (Å²) in [5.74, 6) is 0.386. The van der Waals surface area contributed by atoms with Gasteiger partial charge in [0.05, 0.1) is 17.4 Å². The first-order valence-electron chi connectivity index (χ1n) is 8.60. The smallest absolute Gasteiger partial charge is 0.409 e. The van der Waals surface area contributed by atoms with E-state index in [0.717, 1.165) is 30.0 Å². The van der Waals surface area contributed by atoms with Gasteiger partial charge in [-0.1, -0.05) is 11.8 Å². The van der Waals surface area contributed by atoms with Crippen molar-refractivity contribution in [3.05, 3.63) is 0 Å². The number of hydrogen-bond acceptors (Lipinski definition) is 5. The van der Waals surface area contributed by atoms with Crippen LogP contribution in [0, 0.1) is 5.92 Å². The largest absolute Gasteiger partial charge is 0.450 e. The molecule has 9 heteroatoms. The third-order valence-electron chi connectivity index (χ3n) is 4.57. The summed E-state index contributed by atoms with van der Waals surface area (Å²) < 4.78 is 4.97. The van der Waals surface area contributed by atoms with Crippen molar-refractivity contribution in [1.29, 1.82) is 0 Å². The van der Waals surface area contributed by atoms with Crippen molar-refractivity contribution < 1.29 is 19.1 Å². The van der Waals surface area contributed by atoms with Gasteiger partial charge >= 0.3 is 12.1 Å². The van der Waals surface area contributed by atoms with E-state index in [1.165, 1.54) is 11.8 Å². The molecule has 1 saturated carbocycles. The number of hydrogen-bond donors (Lipinski definition) is 0. The molecule has 1 aliphatic carbocycles. The lowest BCUT2D eigenvalue weighted by Gasteiger charge is -2.34. The van der Waals surface area contributed by atoms with E-state index in [0.29, 0.717) is 32.8 Å². The van der Waals surface area contributed by atoms with E-state index in [1.807, 2.05) is 0 Å². The summed E-state index contributed by atoms with van der Waals surface area (Å²) in [7, 11) is 0.